The average Bonchev–Trinajstić information content (AvgIpc) is 3.07. The zero-order valence-electron chi connectivity index (χ0n) is 17.4. The number of nitrogens with zero attached hydrogens (tertiary/aromatic N) is 3. The number of ether oxygens (including phenoxy) is 1. The van der Waals surface area contributed by atoms with E-state index in [0.717, 1.165) is 16.0 Å². The number of thiophene rings is 1. The van der Waals surface area contributed by atoms with E-state index >= 15 is 0 Å². The summed E-state index contributed by atoms with van der Waals surface area (Å²) >= 11 is 1.45. The van der Waals surface area contributed by atoms with Crippen LogP contribution in [0.1, 0.15) is 36.7 Å². The summed E-state index contributed by atoms with van der Waals surface area (Å²) in [7, 11) is 3.25. The number of hydrogen-bond donors (Lipinski definition) is 0. The lowest BCUT2D eigenvalue weighted by atomic mass is 10.0. The zero-order valence-corrected chi connectivity index (χ0v) is 18.3. The molecule has 158 valence electrons. The number of rotatable bonds is 4. The highest BCUT2D eigenvalue weighted by Crippen LogP contribution is 2.41. The first kappa shape index (κ1) is 20.6. The molecule has 0 fully saturated rings. The Morgan fingerprint density at radius 2 is 1.90 bits per heavy atom. The molecule has 2 aliphatic heterocycles. The van der Waals surface area contributed by atoms with Crippen LogP contribution in [0.15, 0.2) is 24.3 Å². The quantitative estimate of drug-likeness (QED) is 0.751. The molecule has 0 N–H and O–H groups in total. The number of carbonyl (C=O) groups is 3. The van der Waals surface area contributed by atoms with Crippen LogP contribution in [0.25, 0.3) is 0 Å². The van der Waals surface area contributed by atoms with Gasteiger partial charge in [-0.15, -0.1) is 11.3 Å². The van der Waals surface area contributed by atoms with Gasteiger partial charge in [0.05, 0.1) is 25.3 Å². The third-order valence-corrected chi connectivity index (χ3v) is 6.86. The van der Waals surface area contributed by atoms with Gasteiger partial charge in [0, 0.05) is 31.1 Å². The molecule has 0 radical (unpaired) electrons. The summed E-state index contributed by atoms with van der Waals surface area (Å²) in [6.45, 7) is 3.83. The minimum atomic E-state index is -0.130. The summed E-state index contributed by atoms with van der Waals surface area (Å²) in [4.78, 5) is 44.7. The summed E-state index contributed by atoms with van der Waals surface area (Å²) in [6.07, 6.45) is 0.602. The number of benzene rings is 1. The lowest BCUT2D eigenvalue weighted by Gasteiger charge is -2.27. The largest absolute Gasteiger partial charge is 0.383 e. The molecule has 3 heterocycles. The Kier molecular flexibility index (Phi) is 5.62. The fraction of sp³-hybridized carbons (Fsp3) is 0.409. The molecule has 2 aliphatic rings. The van der Waals surface area contributed by atoms with Crippen LogP contribution in [0.5, 0.6) is 0 Å². The molecule has 2 aromatic rings. The van der Waals surface area contributed by atoms with Gasteiger partial charge in [-0.25, -0.2) is 0 Å². The number of fused-ring (bicyclic) bond motifs is 3. The van der Waals surface area contributed by atoms with E-state index in [2.05, 4.69) is 0 Å². The predicted octanol–water partition coefficient (Wildman–Crippen LogP) is 2.32. The van der Waals surface area contributed by atoms with E-state index in [1.165, 1.54) is 16.2 Å². The van der Waals surface area contributed by atoms with Gasteiger partial charge >= 0.3 is 0 Å². The average molecular weight is 428 g/mol. The number of likely N-dealkylation sites (N-methyl/N-ethyl adjacent to an activating group) is 1. The molecular weight excluding hydrogens is 402 g/mol. The minimum absolute atomic E-state index is 0.0139. The molecule has 1 aromatic carbocycles. The van der Waals surface area contributed by atoms with Crippen LogP contribution < -0.4 is 4.90 Å². The number of methoxy groups -OCH3 is 1. The van der Waals surface area contributed by atoms with Crippen molar-refractivity contribution >= 4 is 34.1 Å². The van der Waals surface area contributed by atoms with Crippen molar-refractivity contribution in [1.82, 2.24) is 9.80 Å². The van der Waals surface area contributed by atoms with E-state index < -0.39 is 0 Å². The molecule has 0 spiro atoms. The van der Waals surface area contributed by atoms with E-state index in [-0.39, 0.29) is 24.3 Å². The maximum Gasteiger partial charge on any atom is 0.257 e. The molecule has 8 heteroatoms. The normalized spacial score (nSPS) is 16.4. The molecule has 1 aromatic heterocycles. The Morgan fingerprint density at radius 1 is 1.17 bits per heavy atom. The van der Waals surface area contributed by atoms with Gasteiger partial charge in [-0.3, -0.25) is 19.3 Å². The van der Waals surface area contributed by atoms with Gasteiger partial charge in [0.25, 0.3) is 11.8 Å². The minimum Gasteiger partial charge on any atom is -0.383 e. The van der Waals surface area contributed by atoms with Crippen molar-refractivity contribution < 1.29 is 19.1 Å². The summed E-state index contributed by atoms with van der Waals surface area (Å²) < 4.78 is 5.17. The van der Waals surface area contributed by atoms with Crippen molar-refractivity contribution in [3.05, 3.63) is 51.4 Å². The number of amides is 3. The van der Waals surface area contributed by atoms with Crippen LogP contribution in [0.4, 0.5) is 5.00 Å². The highest BCUT2D eigenvalue weighted by atomic mass is 32.1. The van der Waals surface area contributed by atoms with E-state index in [1.54, 1.807) is 19.1 Å². The van der Waals surface area contributed by atoms with Crippen LogP contribution in [-0.2, 0) is 22.5 Å². The predicted molar refractivity (Wildman–Crippen MR) is 115 cm³/mol. The molecule has 30 heavy (non-hydrogen) atoms. The summed E-state index contributed by atoms with van der Waals surface area (Å²) in [5.41, 5.74) is 3.35. The second kappa shape index (κ2) is 8.20. The Balaban J connectivity index is 1.67. The first-order valence-electron chi connectivity index (χ1n) is 9.96. The van der Waals surface area contributed by atoms with Crippen LogP contribution in [0.3, 0.4) is 0 Å². The molecule has 7 nitrogen and oxygen atoms in total. The van der Waals surface area contributed by atoms with Crippen molar-refractivity contribution in [2.24, 2.45) is 0 Å². The Morgan fingerprint density at radius 3 is 2.60 bits per heavy atom. The highest BCUT2D eigenvalue weighted by molar-refractivity contribution is 7.17. The first-order valence-corrected chi connectivity index (χ1v) is 10.8. The second-order valence-electron chi connectivity index (χ2n) is 7.73. The standard InChI is InChI=1S/C22H25N3O4S/c1-14-4-6-15(7-5-14)20(27)24-9-8-16-17(12-24)30-22-19(16)21(28)23(2)13-18(26)25(22)10-11-29-3/h4-7H,8-13H2,1-3H3. The van der Waals surface area contributed by atoms with Crippen LogP contribution in [-0.4, -0.2) is 67.9 Å². The molecule has 3 amide bonds. The first-order chi connectivity index (χ1) is 14.4. The van der Waals surface area contributed by atoms with Crippen LogP contribution >= 0.6 is 11.3 Å². The Bertz CT molecular complexity index is 999. The zero-order chi connectivity index (χ0) is 21.4. The van der Waals surface area contributed by atoms with Gasteiger partial charge in [0.15, 0.2) is 0 Å². The number of anilines is 1. The van der Waals surface area contributed by atoms with Gasteiger partial charge in [-0.05, 0) is 31.0 Å². The number of carbonyl (C=O) groups excluding carboxylic acids is 3. The van der Waals surface area contributed by atoms with Gasteiger partial charge in [0.2, 0.25) is 5.91 Å². The molecule has 4 rings (SSSR count). The van der Waals surface area contributed by atoms with Crippen molar-refractivity contribution in [3.63, 3.8) is 0 Å². The van der Waals surface area contributed by atoms with E-state index in [4.69, 9.17) is 4.74 Å². The second-order valence-corrected chi connectivity index (χ2v) is 8.81. The van der Waals surface area contributed by atoms with Crippen molar-refractivity contribution in [2.75, 3.05) is 45.3 Å². The molecule has 0 atom stereocenters. The van der Waals surface area contributed by atoms with Crippen molar-refractivity contribution in [2.45, 2.75) is 19.9 Å². The number of aryl methyl sites for hydroxylation is 1. The van der Waals surface area contributed by atoms with E-state index in [1.807, 2.05) is 36.1 Å². The summed E-state index contributed by atoms with van der Waals surface area (Å²) in [5, 5.41) is 0.682. The lowest BCUT2D eigenvalue weighted by Crippen LogP contribution is -2.39. The Labute approximate surface area is 179 Å². The topological polar surface area (TPSA) is 70.2 Å². The Hall–Kier alpha value is -2.71. The third-order valence-electron chi connectivity index (χ3n) is 5.62. The number of hydrogen-bond acceptors (Lipinski definition) is 5. The van der Waals surface area contributed by atoms with Gasteiger partial charge in [0.1, 0.15) is 11.5 Å². The maximum absolute atomic E-state index is 13.0. The molecule has 0 aliphatic carbocycles. The summed E-state index contributed by atoms with van der Waals surface area (Å²) in [5.74, 6) is -0.262. The fourth-order valence-corrected chi connectivity index (χ4v) is 5.32. The molecule has 0 saturated heterocycles. The fourth-order valence-electron chi connectivity index (χ4n) is 3.92. The molecule has 0 saturated carbocycles. The maximum atomic E-state index is 13.0. The van der Waals surface area contributed by atoms with E-state index in [9.17, 15) is 14.4 Å². The molecular formula is C22H25N3O4S. The van der Waals surface area contributed by atoms with Gasteiger partial charge in [-0.1, -0.05) is 17.7 Å². The van der Waals surface area contributed by atoms with E-state index in [0.29, 0.717) is 48.8 Å². The van der Waals surface area contributed by atoms with Crippen molar-refractivity contribution in [3.8, 4) is 0 Å². The monoisotopic (exact) mass is 427 g/mol. The summed E-state index contributed by atoms with van der Waals surface area (Å²) in [6, 6.07) is 7.56. The molecule has 0 bridgehead atoms. The van der Waals surface area contributed by atoms with Crippen molar-refractivity contribution in [1.29, 1.82) is 0 Å². The van der Waals surface area contributed by atoms with Gasteiger partial charge in [-0.2, -0.15) is 0 Å². The van der Waals surface area contributed by atoms with Gasteiger partial charge < -0.3 is 14.5 Å². The highest BCUT2D eigenvalue weighted by Gasteiger charge is 2.37. The lowest BCUT2D eigenvalue weighted by molar-refractivity contribution is -0.119. The van der Waals surface area contributed by atoms with Crippen LogP contribution in [0.2, 0.25) is 0 Å². The third kappa shape index (κ3) is 3.61. The molecule has 0 unspecified atom stereocenters. The van der Waals surface area contributed by atoms with Crippen LogP contribution in [0, 0.1) is 6.92 Å². The smallest absolute Gasteiger partial charge is 0.257 e. The SMILES string of the molecule is COCCN1C(=O)CN(C)C(=O)c2c1sc1c2CCN(C(=O)c2ccc(C)cc2)C1.